The second-order valence-electron chi connectivity index (χ2n) is 2.51. The Bertz CT molecular complexity index is 366. The first-order valence-electron chi connectivity index (χ1n) is 3.86. The summed E-state index contributed by atoms with van der Waals surface area (Å²) >= 11 is 1.58. The van der Waals surface area contributed by atoms with Crippen LogP contribution in [0.1, 0.15) is 0 Å². The summed E-state index contributed by atoms with van der Waals surface area (Å²) in [6.07, 6.45) is 2.79. The Morgan fingerprint density at radius 1 is 1.31 bits per heavy atom. The second-order valence-corrected chi connectivity index (χ2v) is 3.37. The first-order chi connectivity index (χ1) is 6.40. The van der Waals surface area contributed by atoms with E-state index in [4.69, 9.17) is 4.74 Å². The lowest BCUT2D eigenvalue weighted by Crippen LogP contribution is -1.81. The maximum Gasteiger partial charge on any atom is 0.124 e. The number of ether oxygens (including phenoxy) is 1. The van der Waals surface area contributed by atoms with Gasteiger partial charge >= 0.3 is 0 Å². The summed E-state index contributed by atoms with van der Waals surface area (Å²) in [5.41, 5.74) is 1.10. The van der Waals surface area contributed by atoms with E-state index >= 15 is 0 Å². The Morgan fingerprint density at radius 2 is 2.08 bits per heavy atom. The molecule has 0 amide bonds. The third-order valence-corrected chi connectivity index (χ3v) is 2.50. The number of benzene rings is 1. The van der Waals surface area contributed by atoms with E-state index in [2.05, 4.69) is 11.2 Å². The van der Waals surface area contributed by atoms with Gasteiger partial charge in [0.05, 0.1) is 7.11 Å². The van der Waals surface area contributed by atoms with Crippen LogP contribution in [0, 0.1) is 6.20 Å². The second kappa shape index (κ2) is 3.58. The van der Waals surface area contributed by atoms with E-state index in [1.807, 2.05) is 29.6 Å². The lowest BCUT2D eigenvalue weighted by atomic mass is 10.2. The zero-order valence-electron chi connectivity index (χ0n) is 7.15. The lowest BCUT2D eigenvalue weighted by Gasteiger charge is -1.99. The van der Waals surface area contributed by atoms with Crippen molar-refractivity contribution in [2.24, 2.45) is 0 Å². The van der Waals surface area contributed by atoms with Gasteiger partial charge in [0.2, 0.25) is 0 Å². The molecule has 0 fully saturated rings. The van der Waals surface area contributed by atoms with E-state index in [9.17, 15) is 0 Å². The molecule has 3 heteroatoms. The fourth-order valence-corrected chi connectivity index (χ4v) is 1.65. The van der Waals surface area contributed by atoms with Crippen molar-refractivity contribution in [3.05, 3.63) is 35.8 Å². The van der Waals surface area contributed by atoms with Crippen molar-refractivity contribution in [1.29, 1.82) is 0 Å². The van der Waals surface area contributed by atoms with Gasteiger partial charge in [-0.2, -0.15) is 0 Å². The molecule has 2 rings (SSSR count). The smallest absolute Gasteiger partial charge is 0.124 e. The molecule has 0 atom stereocenters. The highest BCUT2D eigenvalue weighted by atomic mass is 32.1. The van der Waals surface area contributed by atoms with Crippen LogP contribution < -0.4 is 4.74 Å². The van der Waals surface area contributed by atoms with Gasteiger partial charge in [-0.25, -0.2) is 4.98 Å². The molecule has 1 radical (unpaired) electrons. The third kappa shape index (κ3) is 1.70. The average molecular weight is 190 g/mol. The number of thiazole rings is 1. The van der Waals surface area contributed by atoms with Crippen molar-refractivity contribution < 1.29 is 4.74 Å². The van der Waals surface area contributed by atoms with Crippen molar-refractivity contribution in [2.75, 3.05) is 7.11 Å². The Hall–Kier alpha value is -1.35. The molecule has 0 aliphatic carbocycles. The molecule has 0 spiro atoms. The van der Waals surface area contributed by atoms with Crippen molar-refractivity contribution in [3.8, 4) is 16.3 Å². The van der Waals surface area contributed by atoms with Gasteiger partial charge in [-0.3, -0.25) is 0 Å². The van der Waals surface area contributed by atoms with Gasteiger partial charge in [-0.1, -0.05) is 0 Å². The first-order valence-corrected chi connectivity index (χ1v) is 4.74. The van der Waals surface area contributed by atoms with Gasteiger partial charge in [-0.05, 0) is 24.3 Å². The van der Waals surface area contributed by atoms with E-state index in [0.717, 1.165) is 16.3 Å². The highest BCUT2D eigenvalue weighted by Gasteiger charge is 1.99. The van der Waals surface area contributed by atoms with Crippen LogP contribution in [0.4, 0.5) is 0 Å². The lowest BCUT2D eigenvalue weighted by molar-refractivity contribution is 0.415. The average Bonchev–Trinajstić information content (AvgIpc) is 2.71. The van der Waals surface area contributed by atoms with Gasteiger partial charge in [-0.15, -0.1) is 11.3 Å². The number of methoxy groups -OCH3 is 1. The first kappa shape index (κ1) is 8.26. The molecule has 0 saturated carbocycles. The fourth-order valence-electron chi connectivity index (χ4n) is 1.06. The van der Waals surface area contributed by atoms with E-state index in [1.54, 1.807) is 18.4 Å². The molecule has 1 aromatic carbocycles. The molecule has 2 aromatic rings. The molecule has 0 aliphatic rings. The quantitative estimate of drug-likeness (QED) is 0.726. The van der Waals surface area contributed by atoms with Crippen LogP contribution in [-0.2, 0) is 0 Å². The van der Waals surface area contributed by atoms with E-state index in [1.165, 1.54) is 0 Å². The minimum Gasteiger partial charge on any atom is -0.497 e. The van der Waals surface area contributed by atoms with Crippen LogP contribution >= 0.6 is 11.3 Å². The molecule has 65 valence electrons. The molecular weight excluding hydrogens is 182 g/mol. The summed E-state index contributed by atoms with van der Waals surface area (Å²) in [7, 11) is 1.66. The van der Waals surface area contributed by atoms with Gasteiger partial charge in [0.15, 0.2) is 0 Å². The highest BCUT2D eigenvalue weighted by molar-refractivity contribution is 7.13. The Balaban J connectivity index is 2.33. The summed E-state index contributed by atoms with van der Waals surface area (Å²) in [4.78, 5) is 4.09. The van der Waals surface area contributed by atoms with Gasteiger partial charge in [0, 0.05) is 10.9 Å². The van der Waals surface area contributed by atoms with Gasteiger partial charge in [0.1, 0.15) is 17.0 Å². The van der Waals surface area contributed by atoms with Crippen LogP contribution in [0.5, 0.6) is 5.75 Å². The van der Waals surface area contributed by atoms with Crippen molar-refractivity contribution in [1.82, 2.24) is 4.98 Å². The molecule has 0 bridgehead atoms. The zero-order valence-corrected chi connectivity index (χ0v) is 7.97. The van der Waals surface area contributed by atoms with Crippen LogP contribution in [-0.4, -0.2) is 12.1 Å². The third-order valence-electron chi connectivity index (χ3n) is 1.73. The zero-order chi connectivity index (χ0) is 9.10. The van der Waals surface area contributed by atoms with Crippen LogP contribution in [0.25, 0.3) is 10.6 Å². The molecule has 1 heterocycles. The monoisotopic (exact) mass is 190 g/mol. The molecular formula is C10H8NOS. The fraction of sp³-hybridized carbons (Fsp3) is 0.100. The molecule has 2 nitrogen and oxygen atoms in total. The summed E-state index contributed by atoms with van der Waals surface area (Å²) in [6.45, 7) is 0. The maximum atomic E-state index is 5.06. The molecule has 0 aliphatic heterocycles. The Morgan fingerprint density at radius 3 is 2.62 bits per heavy atom. The molecule has 0 unspecified atom stereocenters. The predicted molar refractivity (Wildman–Crippen MR) is 52.9 cm³/mol. The standard InChI is InChI=1S/C10H8NOS/c1-12-9-4-2-8(3-5-9)10-11-6-7-13-10/h2-5,7H,1H3. The van der Waals surface area contributed by atoms with Crippen molar-refractivity contribution >= 4 is 11.3 Å². The maximum absolute atomic E-state index is 5.06. The van der Waals surface area contributed by atoms with E-state index in [0.29, 0.717) is 0 Å². The van der Waals surface area contributed by atoms with Gasteiger partial charge in [0.25, 0.3) is 0 Å². The number of aromatic nitrogens is 1. The summed E-state index contributed by atoms with van der Waals surface area (Å²) in [5, 5.41) is 2.84. The molecule has 0 N–H and O–H groups in total. The molecule has 1 aromatic heterocycles. The number of rotatable bonds is 2. The summed E-state index contributed by atoms with van der Waals surface area (Å²) in [5.74, 6) is 0.865. The van der Waals surface area contributed by atoms with Gasteiger partial charge < -0.3 is 4.74 Å². The number of nitrogens with zero attached hydrogens (tertiary/aromatic N) is 1. The topological polar surface area (TPSA) is 22.1 Å². The van der Waals surface area contributed by atoms with E-state index in [-0.39, 0.29) is 0 Å². The van der Waals surface area contributed by atoms with Crippen LogP contribution in [0.3, 0.4) is 0 Å². The number of hydrogen-bond donors (Lipinski definition) is 0. The summed E-state index contributed by atoms with van der Waals surface area (Å²) < 4.78 is 5.06. The SMILES string of the molecule is COc1ccc(-c2n[c]cs2)cc1. The highest BCUT2D eigenvalue weighted by Crippen LogP contribution is 2.23. The molecule has 13 heavy (non-hydrogen) atoms. The number of hydrogen-bond acceptors (Lipinski definition) is 3. The van der Waals surface area contributed by atoms with Crippen molar-refractivity contribution in [2.45, 2.75) is 0 Å². The normalized spacial score (nSPS) is 9.92. The van der Waals surface area contributed by atoms with Crippen LogP contribution in [0.15, 0.2) is 29.6 Å². The van der Waals surface area contributed by atoms with E-state index < -0.39 is 0 Å². The van der Waals surface area contributed by atoms with Crippen molar-refractivity contribution in [3.63, 3.8) is 0 Å². The summed E-state index contributed by atoms with van der Waals surface area (Å²) in [6, 6.07) is 7.84. The largest absolute Gasteiger partial charge is 0.497 e. The molecule has 0 saturated heterocycles. The Kier molecular flexibility index (Phi) is 2.27. The van der Waals surface area contributed by atoms with Crippen LogP contribution in [0.2, 0.25) is 0 Å². The Labute approximate surface area is 80.8 Å². The minimum atomic E-state index is 0.865. The minimum absolute atomic E-state index is 0.865. The predicted octanol–water partition coefficient (Wildman–Crippen LogP) is 2.62.